The number of hydrogen-bond acceptors (Lipinski definition) is 2. The van der Waals surface area contributed by atoms with Crippen LogP contribution >= 0.6 is 0 Å². The van der Waals surface area contributed by atoms with Gasteiger partial charge in [-0.2, -0.15) is 13.2 Å². The van der Waals surface area contributed by atoms with Gasteiger partial charge in [-0.15, -0.1) is 0 Å². The molecule has 0 unspecified atom stereocenters. The molecule has 2 aromatic carbocycles. The molecule has 2 rings (SSSR count). The Kier molecular flexibility index (Phi) is 5.17. The smallest absolute Gasteiger partial charge is 0.416 e. The van der Waals surface area contributed by atoms with Crippen molar-refractivity contribution < 1.29 is 22.7 Å². The molecule has 3 nitrogen and oxygen atoms in total. The number of ether oxygens (including phenoxy) is 1. The average Bonchev–Trinajstić information content (AvgIpc) is 2.50. The molecule has 0 aliphatic rings. The number of hydrogen-bond donors (Lipinski definition) is 1. The van der Waals surface area contributed by atoms with Crippen molar-refractivity contribution >= 4 is 11.6 Å². The van der Waals surface area contributed by atoms with Gasteiger partial charge in [0.25, 0.3) is 5.91 Å². The lowest BCUT2D eigenvalue weighted by Crippen LogP contribution is -2.30. The first-order valence-electron chi connectivity index (χ1n) is 7.39. The van der Waals surface area contributed by atoms with Gasteiger partial charge < -0.3 is 10.1 Å². The summed E-state index contributed by atoms with van der Waals surface area (Å²) in [7, 11) is 0. The maximum Gasteiger partial charge on any atom is 0.416 e. The van der Waals surface area contributed by atoms with Crippen molar-refractivity contribution in [1.29, 1.82) is 0 Å². The Hall–Kier alpha value is -2.50. The van der Waals surface area contributed by atoms with Gasteiger partial charge in [0, 0.05) is 5.69 Å². The number of aryl methyl sites for hydroxylation is 2. The molecule has 24 heavy (non-hydrogen) atoms. The van der Waals surface area contributed by atoms with E-state index < -0.39 is 23.8 Å². The predicted molar refractivity (Wildman–Crippen MR) is 86.1 cm³/mol. The Balaban J connectivity index is 2.08. The summed E-state index contributed by atoms with van der Waals surface area (Å²) in [4.78, 5) is 12.2. The molecule has 128 valence electrons. The molecule has 0 bridgehead atoms. The van der Waals surface area contributed by atoms with Gasteiger partial charge in [-0.3, -0.25) is 4.79 Å². The number of halogens is 3. The third kappa shape index (κ3) is 4.50. The molecule has 1 atom stereocenters. The van der Waals surface area contributed by atoms with Crippen molar-refractivity contribution in [1.82, 2.24) is 0 Å². The first-order chi connectivity index (χ1) is 11.2. The summed E-state index contributed by atoms with van der Waals surface area (Å²) in [5, 5.41) is 2.44. The van der Waals surface area contributed by atoms with E-state index in [-0.39, 0.29) is 5.69 Å². The zero-order chi connectivity index (χ0) is 17.9. The van der Waals surface area contributed by atoms with Crippen molar-refractivity contribution in [2.75, 3.05) is 5.32 Å². The van der Waals surface area contributed by atoms with Crippen molar-refractivity contribution in [3.05, 3.63) is 59.2 Å². The van der Waals surface area contributed by atoms with E-state index in [0.717, 1.165) is 23.3 Å². The zero-order valence-electron chi connectivity index (χ0n) is 13.6. The quantitative estimate of drug-likeness (QED) is 0.876. The minimum Gasteiger partial charge on any atom is -0.481 e. The van der Waals surface area contributed by atoms with E-state index in [2.05, 4.69) is 5.32 Å². The Morgan fingerprint density at radius 1 is 1.12 bits per heavy atom. The molecular formula is C18H18F3NO2. The van der Waals surface area contributed by atoms with E-state index in [9.17, 15) is 18.0 Å². The minimum atomic E-state index is -4.46. The zero-order valence-corrected chi connectivity index (χ0v) is 13.6. The van der Waals surface area contributed by atoms with Crippen LogP contribution in [0.4, 0.5) is 18.9 Å². The summed E-state index contributed by atoms with van der Waals surface area (Å²) in [6.45, 7) is 5.30. The number of benzene rings is 2. The molecule has 0 aliphatic carbocycles. The summed E-state index contributed by atoms with van der Waals surface area (Å²) in [6, 6.07) is 10.1. The van der Waals surface area contributed by atoms with Crippen LogP contribution in [-0.4, -0.2) is 12.0 Å². The van der Waals surface area contributed by atoms with Gasteiger partial charge in [-0.25, -0.2) is 0 Å². The topological polar surface area (TPSA) is 38.3 Å². The molecule has 0 aliphatic heterocycles. The molecule has 0 radical (unpaired) electrons. The summed E-state index contributed by atoms with van der Waals surface area (Å²) >= 11 is 0. The van der Waals surface area contributed by atoms with E-state index in [1.54, 1.807) is 6.92 Å². The third-order valence-corrected chi connectivity index (χ3v) is 3.47. The van der Waals surface area contributed by atoms with Crippen LogP contribution in [0.25, 0.3) is 0 Å². The molecule has 0 spiro atoms. The van der Waals surface area contributed by atoms with Crippen LogP contribution in [0.2, 0.25) is 0 Å². The Labute approximate surface area is 138 Å². The SMILES string of the molecule is Cc1ccc(C)c(O[C@H](C)C(=O)Nc2cccc(C(F)(F)F)c2)c1. The highest BCUT2D eigenvalue weighted by atomic mass is 19.4. The van der Waals surface area contributed by atoms with E-state index >= 15 is 0 Å². The average molecular weight is 337 g/mol. The lowest BCUT2D eigenvalue weighted by Gasteiger charge is -2.17. The van der Waals surface area contributed by atoms with Gasteiger partial charge in [0.1, 0.15) is 5.75 Å². The number of anilines is 1. The molecule has 2 aromatic rings. The number of amides is 1. The van der Waals surface area contributed by atoms with E-state index in [4.69, 9.17) is 4.74 Å². The second kappa shape index (κ2) is 6.95. The van der Waals surface area contributed by atoms with Crippen LogP contribution in [0.15, 0.2) is 42.5 Å². The normalized spacial score (nSPS) is 12.6. The monoisotopic (exact) mass is 337 g/mol. The van der Waals surface area contributed by atoms with Crippen LogP contribution in [0.5, 0.6) is 5.75 Å². The van der Waals surface area contributed by atoms with Crippen LogP contribution in [0, 0.1) is 13.8 Å². The fourth-order valence-electron chi connectivity index (χ4n) is 2.10. The second-order valence-corrected chi connectivity index (χ2v) is 5.60. The minimum absolute atomic E-state index is 0.0752. The van der Waals surface area contributed by atoms with Crippen molar-refractivity contribution in [2.45, 2.75) is 33.1 Å². The largest absolute Gasteiger partial charge is 0.481 e. The van der Waals surface area contributed by atoms with Crippen LogP contribution in [-0.2, 0) is 11.0 Å². The molecule has 1 amide bonds. The first-order valence-corrected chi connectivity index (χ1v) is 7.39. The van der Waals surface area contributed by atoms with Crippen molar-refractivity contribution in [3.8, 4) is 5.75 Å². The lowest BCUT2D eigenvalue weighted by atomic mass is 10.1. The van der Waals surface area contributed by atoms with Gasteiger partial charge >= 0.3 is 6.18 Å². The molecule has 0 saturated heterocycles. The fraction of sp³-hybridized carbons (Fsp3) is 0.278. The van der Waals surface area contributed by atoms with Crippen LogP contribution in [0.3, 0.4) is 0 Å². The second-order valence-electron chi connectivity index (χ2n) is 5.60. The number of carbonyl (C=O) groups excluding carboxylic acids is 1. The standard InChI is InChI=1S/C18H18F3NO2/c1-11-7-8-12(2)16(9-11)24-13(3)17(23)22-15-6-4-5-14(10-15)18(19,20)21/h4-10,13H,1-3H3,(H,22,23)/t13-/m1/s1. The molecule has 1 N–H and O–H groups in total. The van der Waals surface area contributed by atoms with Gasteiger partial charge in [0.05, 0.1) is 5.56 Å². The molecule has 0 fully saturated rings. The summed E-state index contributed by atoms with van der Waals surface area (Å²) < 4.78 is 43.7. The molecular weight excluding hydrogens is 319 g/mol. The Bertz CT molecular complexity index is 741. The van der Waals surface area contributed by atoms with Crippen molar-refractivity contribution in [2.24, 2.45) is 0 Å². The molecule has 0 saturated carbocycles. The van der Waals surface area contributed by atoms with Gasteiger partial charge in [-0.1, -0.05) is 18.2 Å². The lowest BCUT2D eigenvalue weighted by molar-refractivity contribution is -0.137. The van der Waals surface area contributed by atoms with Crippen molar-refractivity contribution in [3.63, 3.8) is 0 Å². The fourth-order valence-corrected chi connectivity index (χ4v) is 2.10. The summed E-state index contributed by atoms with van der Waals surface area (Å²) in [5.41, 5.74) is 1.12. The number of carbonyl (C=O) groups is 1. The van der Waals surface area contributed by atoms with Gasteiger partial charge in [0.2, 0.25) is 0 Å². The number of nitrogens with one attached hydrogen (secondary N) is 1. The Morgan fingerprint density at radius 2 is 1.83 bits per heavy atom. The van der Waals surface area contributed by atoms with E-state index in [1.807, 2.05) is 32.0 Å². The molecule has 6 heteroatoms. The molecule has 0 heterocycles. The maximum atomic E-state index is 12.7. The highest BCUT2D eigenvalue weighted by molar-refractivity contribution is 5.94. The van der Waals surface area contributed by atoms with E-state index in [1.165, 1.54) is 12.1 Å². The first kappa shape index (κ1) is 17.8. The number of rotatable bonds is 4. The van der Waals surface area contributed by atoms with Gasteiger partial charge in [-0.05, 0) is 56.2 Å². The highest BCUT2D eigenvalue weighted by Gasteiger charge is 2.30. The van der Waals surface area contributed by atoms with Crippen LogP contribution < -0.4 is 10.1 Å². The highest BCUT2D eigenvalue weighted by Crippen LogP contribution is 2.30. The summed E-state index contributed by atoms with van der Waals surface area (Å²) in [6.07, 6.45) is -5.30. The van der Waals surface area contributed by atoms with Gasteiger partial charge in [0.15, 0.2) is 6.10 Å². The molecule has 0 aromatic heterocycles. The predicted octanol–water partition coefficient (Wildman–Crippen LogP) is 4.73. The number of alkyl halides is 3. The maximum absolute atomic E-state index is 12.7. The Morgan fingerprint density at radius 3 is 2.50 bits per heavy atom. The van der Waals surface area contributed by atoms with E-state index in [0.29, 0.717) is 5.75 Å². The summed E-state index contributed by atoms with van der Waals surface area (Å²) in [5.74, 6) is 0.0527. The third-order valence-electron chi connectivity index (χ3n) is 3.47. The van der Waals surface area contributed by atoms with Crippen LogP contribution in [0.1, 0.15) is 23.6 Å².